The highest BCUT2D eigenvalue weighted by molar-refractivity contribution is 7.22. The van der Waals surface area contributed by atoms with E-state index in [0.717, 1.165) is 28.0 Å². The van der Waals surface area contributed by atoms with Crippen LogP contribution in [0.4, 0.5) is 5.13 Å². The van der Waals surface area contributed by atoms with Crippen molar-refractivity contribution >= 4 is 32.6 Å². The Morgan fingerprint density at radius 2 is 2.23 bits per heavy atom. The van der Waals surface area contributed by atoms with E-state index in [0.29, 0.717) is 18.3 Å². The highest BCUT2D eigenvalue weighted by atomic mass is 32.1. The molecule has 0 spiro atoms. The smallest absolute Gasteiger partial charge is 0.229 e. The molecular formula is C20H20N2O3S. The van der Waals surface area contributed by atoms with E-state index >= 15 is 0 Å². The van der Waals surface area contributed by atoms with Crippen molar-refractivity contribution in [3.8, 4) is 5.75 Å². The van der Waals surface area contributed by atoms with E-state index in [1.807, 2.05) is 43.3 Å². The lowest BCUT2D eigenvalue weighted by atomic mass is 9.96. The van der Waals surface area contributed by atoms with Gasteiger partial charge in [-0.05, 0) is 42.7 Å². The number of nitrogens with zero attached hydrogens (tertiary/aromatic N) is 1. The van der Waals surface area contributed by atoms with Crippen LogP contribution in [0.2, 0.25) is 0 Å². The monoisotopic (exact) mass is 368 g/mol. The third kappa shape index (κ3) is 3.57. The fourth-order valence-corrected chi connectivity index (χ4v) is 4.11. The SMILES string of the molecule is CCOc1ccc2nc(NC(=O)CC3OCCc4ccccc43)sc2c1. The van der Waals surface area contributed by atoms with Gasteiger partial charge < -0.3 is 14.8 Å². The highest BCUT2D eigenvalue weighted by Gasteiger charge is 2.23. The van der Waals surface area contributed by atoms with Crippen molar-refractivity contribution in [3.63, 3.8) is 0 Å². The molecule has 3 aromatic rings. The summed E-state index contributed by atoms with van der Waals surface area (Å²) in [6.45, 7) is 3.22. The minimum Gasteiger partial charge on any atom is -0.494 e. The highest BCUT2D eigenvalue weighted by Crippen LogP contribution is 2.32. The molecule has 5 nitrogen and oxygen atoms in total. The van der Waals surface area contributed by atoms with Crippen LogP contribution in [0.5, 0.6) is 5.75 Å². The van der Waals surface area contributed by atoms with Gasteiger partial charge in [0.05, 0.1) is 36.0 Å². The summed E-state index contributed by atoms with van der Waals surface area (Å²) < 4.78 is 12.3. The Balaban J connectivity index is 1.46. The van der Waals surface area contributed by atoms with Crippen LogP contribution in [0.15, 0.2) is 42.5 Å². The van der Waals surface area contributed by atoms with E-state index in [1.54, 1.807) is 0 Å². The van der Waals surface area contributed by atoms with Crippen molar-refractivity contribution in [2.75, 3.05) is 18.5 Å². The maximum Gasteiger partial charge on any atom is 0.229 e. The zero-order valence-corrected chi connectivity index (χ0v) is 15.3. The lowest BCUT2D eigenvalue weighted by molar-refractivity contribution is -0.119. The molecule has 4 rings (SSSR count). The van der Waals surface area contributed by atoms with Gasteiger partial charge in [0, 0.05) is 0 Å². The van der Waals surface area contributed by atoms with E-state index in [2.05, 4.69) is 16.4 Å². The maximum absolute atomic E-state index is 12.5. The zero-order valence-electron chi connectivity index (χ0n) is 14.5. The third-order valence-corrected chi connectivity index (χ3v) is 5.31. The molecule has 26 heavy (non-hydrogen) atoms. The number of hydrogen-bond donors (Lipinski definition) is 1. The summed E-state index contributed by atoms with van der Waals surface area (Å²) >= 11 is 1.45. The van der Waals surface area contributed by atoms with Crippen molar-refractivity contribution < 1.29 is 14.3 Å². The van der Waals surface area contributed by atoms with E-state index in [1.165, 1.54) is 16.9 Å². The molecule has 1 aliphatic heterocycles. The number of hydrogen-bond acceptors (Lipinski definition) is 5. The first-order valence-electron chi connectivity index (χ1n) is 8.75. The van der Waals surface area contributed by atoms with Gasteiger partial charge in [-0.25, -0.2) is 4.98 Å². The molecule has 0 saturated heterocycles. The van der Waals surface area contributed by atoms with Gasteiger partial charge in [-0.2, -0.15) is 0 Å². The number of aromatic nitrogens is 1. The van der Waals surface area contributed by atoms with Crippen LogP contribution in [0.3, 0.4) is 0 Å². The van der Waals surface area contributed by atoms with Crippen LogP contribution in [0.1, 0.15) is 30.6 Å². The molecule has 0 fully saturated rings. The van der Waals surface area contributed by atoms with Gasteiger partial charge >= 0.3 is 0 Å². The van der Waals surface area contributed by atoms with Crippen LogP contribution in [-0.2, 0) is 16.0 Å². The fourth-order valence-electron chi connectivity index (χ4n) is 3.20. The van der Waals surface area contributed by atoms with Gasteiger partial charge in [-0.3, -0.25) is 4.79 Å². The number of benzene rings is 2. The number of nitrogens with one attached hydrogen (secondary N) is 1. The van der Waals surface area contributed by atoms with Gasteiger partial charge in [-0.1, -0.05) is 35.6 Å². The predicted molar refractivity (Wildman–Crippen MR) is 103 cm³/mol. The fraction of sp³-hybridized carbons (Fsp3) is 0.300. The molecule has 1 unspecified atom stereocenters. The number of carbonyl (C=O) groups excluding carboxylic acids is 1. The number of fused-ring (bicyclic) bond motifs is 2. The van der Waals surface area contributed by atoms with Crippen LogP contribution in [0.25, 0.3) is 10.2 Å². The number of amides is 1. The van der Waals surface area contributed by atoms with Crippen molar-refractivity contribution in [1.29, 1.82) is 0 Å². The third-order valence-electron chi connectivity index (χ3n) is 4.38. The van der Waals surface area contributed by atoms with Crippen molar-refractivity contribution in [2.45, 2.75) is 25.9 Å². The van der Waals surface area contributed by atoms with E-state index < -0.39 is 0 Å². The standard InChI is InChI=1S/C20H20N2O3S/c1-2-24-14-7-8-16-18(11-14)26-20(21-16)22-19(23)12-17-15-6-4-3-5-13(15)9-10-25-17/h3-8,11,17H,2,9-10,12H2,1H3,(H,21,22,23). The van der Waals surface area contributed by atoms with Crippen molar-refractivity contribution in [1.82, 2.24) is 4.98 Å². The molecular weight excluding hydrogens is 348 g/mol. The predicted octanol–water partition coefficient (Wildman–Crippen LogP) is 4.34. The number of ether oxygens (including phenoxy) is 2. The van der Waals surface area contributed by atoms with Gasteiger partial charge in [0.15, 0.2) is 5.13 Å². The Hall–Kier alpha value is -2.44. The van der Waals surface area contributed by atoms with Crippen LogP contribution in [-0.4, -0.2) is 24.1 Å². The summed E-state index contributed by atoms with van der Waals surface area (Å²) in [5, 5.41) is 3.51. The Kier molecular flexibility index (Phi) is 4.86. The van der Waals surface area contributed by atoms with Crippen LogP contribution >= 0.6 is 11.3 Å². The molecule has 2 heterocycles. The van der Waals surface area contributed by atoms with Crippen LogP contribution < -0.4 is 10.1 Å². The summed E-state index contributed by atoms with van der Waals surface area (Å²) in [5.74, 6) is 0.726. The second-order valence-corrected chi connectivity index (χ2v) is 7.17. The average molecular weight is 368 g/mol. The maximum atomic E-state index is 12.5. The lowest BCUT2D eigenvalue weighted by Crippen LogP contribution is -2.22. The summed E-state index contributed by atoms with van der Waals surface area (Å²) in [5.41, 5.74) is 3.23. The topological polar surface area (TPSA) is 60.5 Å². The second-order valence-electron chi connectivity index (χ2n) is 6.14. The van der Waals surface area contributed by atoms with Gasteiger partial charge in [-0.15, -0.1) is 0 Å². The number of anilines is 1. The number of thiazole rings is 1. The molecule has 1 aliphatic rings. The Morgan fingerprint density at radius 3 is 3.12 bits per heavy atom. The number of carbonyl (C=O) groups is 1. The van der Waals surface area contributed by atoms with E-state index in [-0.39, 0.29) is 18.4 Å². The first kappa shape index (κ1) is 17.0. The van der Waals surface area contributed by atoms with Crippen molar-refractivity contribution in [2.24, 2.45) is 0 Å². The molecule has 1 aromatic heterocycles. The molecule has 1 atom stereocenters. The summed E-state index contributed by atoms with van der Waals surface area (Å²) in [6.07, 6.45) is 0.990. The minimum absolute atomic E-state index is 0.0872. The molecule has 0 bridgehead atoms. The first-order valence-corrected chi connectivity index (χ1v) is 9.57. The first-order chi connectivity index (χ1) is 12.7. The summed E-state index contributed by atoms with van der Waals surface area (Å²) in [6, 6.07) is 13.9. The number of rotatable bonds is 5. The minimum atomic E-state index is -0.195. The second kappa shape index (κ2) is 7.43. The molecule has 134 valence electrons. The van der Waals surface area contributed by atoms with E-state index in [9.17, 15) is 4.79 Å². The largest absolute Gasteiger partial charge is 0.494 e. The van der Waals surface area contributed by atoms with Crippen molar-refractivity contribution in [3.05, 3.63) is 53.6 Å². The molecule has 0 radical (unpaired) electrons. The summed E-state index contributed by atoms with van der Waals surface area (Å²) in [7, 11) is 0. The Bertz CT molecular complexity index is 938. The van der Waals surface area contributed by atoms with Crippen LogP contribution in [0, 0.1) is 0 Å². The summed E-state index contributed by atoms with van der Waals surface area (Å²) in [4.78, 5) is 17.0. The molecule has 1 amide bonds. The molecule has 2 aromatic carbocycles. The molecule has 6 heteroatoms. The molecule has 0 aliphatic carbocycles. The normalized spacial score (nSPS) is 16.3. The Morgan fingerprint density at radius 1 is 1.35 bits per heavy atom. The Labute approximate surface area is 156 Å². The van der Waals surface area contributed by atoms with E-state index in [4.69, 9.17) is 9.47 Å². The molecule has 0 saturated carbocycles. The lowest BCUT2D eigenvalue weighted by Gasteiger charge is -2.25. The van der Waals surface area contributed by atoms with Gasteiger partial charge in [0.1, 0.15) is 5.75 Å². The average Bonchev–Trinajstić information content (AvgIpc) is 3.03. The zero-order chi connectivity index (χ0) is 17.9. The molecule has 1 N–H and O–H groups in total. The van der Waals surface area contributed by atoms with Gasteiger partial charge in [0.2, 0.25) is 5.91 Å². The quantitative estimate of drug-likeness (QED) is 0.728. The van der Waals surface area contributed by atoms with Gasteiger partial charge in [0.25, 0.3) is 0 Å².